The van der Waals surface area contributed by atoms with Gasteiger partial charge in [-0.1, -0.05) is 27.7 Å². The number of amides is 2. The van der Waals surface area contributed by atoms with E-state index in [2.05, 4.69) is 38.3 Å². The predicted octanol–water partition coefficient (Wildman–Crippen LogP) is 5.70. The van der Waals surface area contributed by atoms with Crippen LogP contribution in [0.15, 0.2) is 0 Å². The molecular formula is C44H72N2O16. The summed E-state index contributed by atoms with van der Waals surface area (Å²) >= 11 is 0. The minimum atomic E-state index is -0.826. The van der Waals surface area contributed by atoms with Crippen molar-refractivity contribution in [1.82, 2.24) is 10.6 Å². The molecule has 0 unspecified atom stereocenters. The number of hydrogen-bond donors (Lipinski definition) is 2. The molecule has 18 nitrogen and oxygen atoms in total. The molecule has 10 rings (SSSR count). The van der Waals surface area contributed by atoms with E-state index in [0.717, 1.165) is 51.4 Å². The normalized spacial score (nSPS) is 44.0. The van der Waals surface area contributed by atoms with Gasteiger partial charge in [0.25, 0.3) is 0 Å². The van der Waals surface area contributed by atoms with Crippen molar-refractivity contribution in [1.29, 1.82) is 0 Å². The molecule has 0 aromatic carbocycles. The minimum Gasteiger partial charge on any atom is -0.447 e. The second-order valence-electron chi connectivity index (χ2n) is 19.3. The summed E-state index contributed by atoms with van der Waals surface area (Å²) in [5, 5.41) is 5.42. The molecule has 2 saturated carbocycles. The minimum absolute atomic E-state index is 0.0881. The highest BCUT2D eigenvalue weighted by atomic mass is 17.3. The van der Waals surface area contributed by atoms with Gasteiger partial charge in [-0.25, -0.2) is 29.1 Å². The van der Waals surface area contributed by atoms with Crippen molar-refractivity contribution in [3.8, 4) is 0 Å². The van der Waals surface area contributed by atoms with E-state index in [4.69, 9.17) is 66.9 Å². The molecule has 2 amide bonds. The Labute approximate surface area is 365 Å². The zero-order valence-corrected chi connectivity index (χ0v) is 37.6. The molecule has 10 fully saturated rings. The van der Waals surface area contributed by atoms with E-state index >= 15 is 0 Å². The maximum atomic E-state index is 12.1. The van der Waals surface area contributed by atoms with Crippen LogP contribution in [0.3, 0.4) is 0 Å². The van der Waals surface area contributed by atoms with Crippen molar-refractivity contribution >= 4 is 12.2 Å². The van der Waals surface area contributed by atoms with Crippen molar-refractivity contribution in [2.24, 2.45) is 47.3 Å². The molecule has 8 aliphatic heterocycles. The molecule has 8 heterocycles. The fourth-order valence-electron chi connectivity index (χ4n) is 11.9. The van der Waals surface area contributed by atoms with E-state index in [0.29, 0.717) is 76.0 Å². The molecule has 0 aromatic rings. The number of carbonyl (C=O) groups is 2. The third-order valence-corrected chi connectivity index (χ3v) is 15.3. The van der Waals surface area contributed by atoms with Gasteiger partial charge in [-0.15, -0.1) is 0 Å². The molecule has 0 aromatic heterocycles. The summed E-state index contributed by atoms with van der Waals surface area (Å²) in [6.45, 7) is 15.5. The van der Waals surface area contributed by atoms with Crippen molar-refractivity contribution in [3.05, 3.63) is 0 Å². The van der Waals surface area contributed by atoms with Crippen molar-refractivity contribution in [3.63, 3.8) is 0 Å². The van der Waals surface area contributed by atoms with Gasteiger partial charge >= 0.3 is 12.2 Å². The Kier molecular flexibility index (Phi) is 14.9. The Balaban J connectivity index is 0.608. The summed E-state index contributed by atoms with van der Waals surface area (Å²) in [4.78, 5) is 48.4. The van der Waals surface area contributed by atoms with Gasteiger partial charge < -0.3 is 58.0 Å². The smallest absolute Gasteiger partial charge is 0.407 e. The fraction of sp³-hybridized carbons (Fsp3) is 0.955. The number of carbonyl (C=O) groups excluding carboxylic acids is 2. The highest BCUT2D eigenvalue weighted by Gasteiger charge is 2.71. The number of alkyl carbamates (subject to hydrolysis) is 2. The van der Waals surface area contributed by atoms with Crippen LogP contribution in [0, 0.1) is 47.3 Å². The number of hydrogen-bond acceptors (Lipinski definition) is 16. The highest BCUT2D eigenvalue weighted by Crippen LogP contribution is 2.62. The zero-order chi connectivity index (χ0) is 43.5. The molecule has 354 valence electrons. The largest absolute Gasteiger partial charge is 0.447 e. The molecule has 4 bridgehead atoms. The molecule has 2 spiro atoms. The number of fused-ring (bicyclic) bond motifs is 4. The second kappa shape index (κ2) is 19.9. The third-order valence-electron chi connectivity index (χ3n) is 15.3. The number of ether oxygens (including phenoxy) is 10. The Morgan fingerprint density at radius 2 is 0.952 bits per heavy atom. The summed E-state index contributed by atoms with van der Waals surface area (Å²) < 4.78 is 59.7. The van der Waals surface area contributed by atoms with E-state index in [-0.39, 0.29) is 50.1 Å². The van der Waals surface area contributed by atoms with Crippen LogP contribution in [0.1, 0.15) is 106 Å². The Morgan fingerprint density at radius 3 is 1.39 bits per heavy atom. The first-order valence-corrected chi connectivity index (χ1v) is 23.5. The van der Waals surface area contributed by atoms with Crippen LogP contribution in [0.4, 0.5) is 9.59 Å². The lowest BCUT2D eigenvalue weighted by molar-refractivity contribution is -0.577. The fourth-order valence-corrected chi connectivity index (χ4v) is 11.9. The Morgan fingerprint density at radius 1 is 0.532 bits per heavy atom. The van der Waals surface area contributed by atoms with Gasteiger partial charge in [-0.3, -0.25) is 0 Å². The van der Waals surface area contributed by atoms with Crippen LogP contribution in [0.5, 0.6) is 0 Å². The van der Waals surface area contributed by atoms with Gasteiger partial charge in [0.1, 0.15) is 13.2 Å². The monoisotopic (exact) mass is 884 g/mol. The molecule has 10 aliphatic rings. The quantitative estimate of drug-likeness (QED) is 0.119. The van der Waals surface area contributed by atoms with Crippen LogP contribution in [0.2, 0.25) is 0 Å². The Bertz CT molecular complexity index is 1410. The van der Waals surface area contributed by atoms with Gasteiger partial charge in [0.15, 0.2) is 36.4 Å². The zero-order valence-electron chi connectivity index (χ0n) is 37.6. The van der Waals surface area contributed by atoms with Crippen LogP contribution < -0.4 is 10.6 Å². The van der Waals surface area contributed by atoms with Crippen LogP contribution in [-0.2, 0) is 66.9 Å². The van der Waals surface area contributed by atoms with Gasteiger partial charge in [0, 0.05) is 49.6 Å². The summed E-state index contributed by atoms with van der Waals surface area (Å²) in [5.41, 5.74) is -1.24. The average molecular weight is 885 g/mol. The maximum Gasteiger partial charge on any atom is 0.407 e. The molecule has 16 atom stereocenters. The summed E-state index contributed by atoms with van der Waals surface area (Å²) in [6.07, 6.45) is 6.01. The SMILES string of the molecule is C[C@H]1[C@@H](OCCOCCOC(=O)NCCCCNC(=O)OCCOCCO[C@H]2O[C@@H]3O[C@@]4(C)CC[C@H]5[C@H](C)CC[C@@H]([C@H]2C)[C@@]35OO4)O[C@@H]2O[C@@]3(C)CC[C@H]4[C@H](C)CC[C@@H]1[C@@]24OO3. The second-order valence-corrected chi connectivity index (χ2v) is 19.3. The van der Waals surface area contributed by atoms with Crippen molar-refractivity contribution in [2.75, 3.05) is 65.9 Å². The lowest BCUT2D eigenvalue weighted by Crippen LogP contribution is -2.70. The lowest BCUT2D eigenvalue weighted by Gasteiger charge is -2.60. The van der Waals surface area contributed by atoms with E-state index < -0.39 is 60.1 Å². The molecule has 62 heavy (non-hydrogen) atoms. The summed E-state index contributed by atoms with van der Waals surface area (Å²) in [7, 11) is 0. The van der Waals surface area contributed by atoms with Gasteiger partial charge in [-0.05, 0) is 88.9 Å². The summed E-state index contributed by atoms with van der Waals surface area (Å²) in [6, 6.07) is 0. The van der Waals surface area contributed by atoms with Gasteiger partial charge in [-0.2, -0.15) is 0 Å². The molecule has 2 N–H and O–H groups in total. The average Bonchev–Trinajstić information content (AvgIpc) is 3.63. The van der Waals surface area contributed by atoms with E-state index in [9.17, 15) is 9.59 Å². The van der Waals surface area contributed by atoms with Crippen molar-refractivity contribution < 1.29 is 76.5 Å². The lowest BCUT2D eigenvalue weighted by atomic mass is 9.58. The number of unbranched alkanes of at least 4 members (excludes halogenated alkanes) is 1. The molecular weight excluding hydrogens is 812 g/mol. The Hall–Kier alpha value is -1.94. The standard InChI is InChI=1S/C44H72N2O16/c1-27-9-11-33-29(3)35(55-37-43(33)31(27)13-15-41(5,57-37)59-61-43)51-23-19-49-21-25-53-39(47)45-17-7-8-18-46-40(48)54-26-22-50-20-24-52-36-30(4)34-12-10-28(2)32-14-16-42(6)58-38(56-36)44(32,34)62-60-42/h27-38H,7-26H2,1-6H3,(H,45,47)(H,46,48)/t27-,28-,29-,30-,31+,32+,33+,34+,35+,36+,37-,38-,41-,42-,43-,44-/m1/s1. The third kappa shape index (κ3) is 9.50. The first-order valence-electron chi connectivity index (χ1n) is 23.5. The van der Waals surface area contributed by atoms with E-state index in [1.165, 1.54) is 0 Å². The van der Waals surface area contributed by atoms with Crippen LogP contribution in [0.25, 0.3) is 0 Å². The highest BCUT2D eigenvalue weighted by molar-refractivity contribution is 5.67. The predicted molar refractivity (Wildman–Crippen MR) is 215 cm³/mol. The van der Waals surface area contributed by atoms with Gasteiger partial charge in [0.05, 0.1) is 39.6 Å². The topological polar surface area (TPSA) is 187 Å². The maximum absolute atomic E-state index is 12.1. The van der Waals surface area contributed by atoms with Gasteiger partial charge in [0.2, 0.25) is 11.6 Å². The molecule has 2 aliphatic carbocycles. The summed E-state index contributed by atoms with van der Waals surface area (Å²) in [5.74, 6) is 0.521. The molecule has 18 heteroatoms. The first-order chi connectivity index (χ1) is 29.9. The number of rotatable bonds is 19. The number of nitrogens with one attached hydrogen (secondary N) is 2. The van der Waals surface area contributed by atoms with Crippen molar-refractivity contribution in [2.45, 2.75) is 154 Å². The van der Waals surface area contributed by atoms with Crippen LogP contribution >= 0.6 is 0 Å². The van der Waals surface area contributed by atoms with E-state index in [1.54, 1.807) is 0 Å². The molecule has 0 radical (unpaired) electrons. The molecule has 8 saturated heterocycles. The van der Waals surface area contributed by atoms with Crippen LogP contribution in [-0.4, -0.2) is 126 Å². The van der Waals surface area contributed by atoms with E-state index in [1.807, 2.05) is 13.8 Å². The first kappa shape index (κ1) is 46.6.